The van der Waals surface area contributed by atoms with Gasteiger partial charge in [0.2, 0.25) is 0 Å². The van der Waals surface area contributed by atoms with E-state index < -0.39 is 0 Å². The average molecular weight is 554 g/mol. The van der Waals surface area contributed by atoms with Crippen molar-refractivity contribution < 1.29 is 0 Å². The first-order valence-electron chi connectivity index (χ1n) is 11.6. The summed E-state index contributed by atoms with van der Waals surface area (Å²) >= 11 is 0. The summed E-state index contributed by atoms with van der Waals surface area (Å²) in [5, 5.41) is 11.4. The minimum Gasteiger partial charge on any atom is -0.357 e. The van der Waals surface area contributed by atoms with Crippen LogP contribution >= 0.6 is 24.0 Å². The maximum absolute atomic E-state index is 4.90. The van der Waals surface area contributed by atoms with Crippen molar-refractivity contribution in [3.05, 3.63) is 53.9 Å². The molecule has 2 heterocycles. The van der Waals surface area contributed by atoms with E-state index in [-0.39, 0.29) is 24.0 Å². The van der Waals surface area contributed by atoms with Crippen LogP contribution in [-0.4, -0.2) is 77.9 Å². The van der Waals surface area contributed by atoms with Gasteiger partial charge in [0.05, 0.1) is 13.1 Å². The van der Waals surface area contributed by atoms with E-state index in [0.717, 1.165) is 51.8 Å². The Labute approximate surface area is 210 Å². The van der Waals surface area contributed by atoms with Crippen molar-refractivity contribution in [1.29, 1.82) is 0 Å². The molecule has 1 fully saturated rings. The molecule has 1 saturated heterocycles. The van der Waals surface area contributed by atoms with E-state index in [0.29, 0.717) is 18.5 Å². The van der Waals surface area contributed by atoms with Crippen molar-refractivity contribution in [3.63, 3.8) is 0 Å². The lowest BCUT2D eigenvalue weighted by Gasteiger charge is -2.40. The average Bonchev–Trinajstić information content (AvgIpc) is 3.27. The highest BCUT2D eigenvalue weighted by Gasteiger charge is 2.25. The molecule has 3 rings (SSSR count). The Bertz CT molecular complexity index is 798. The van der Waals surface area contributed by atoms with E-state index in [9.17, 15) is 0 Å². The van der Waals surface area contributed by atoms with Crippen LogP contribution in [0.4, 0.5) is 0 Å². The number of guanidine groups is 1. The zero-order valence-electron chi connectivity index (χ0n) is 20.0. The van der Waals surface area contributed by atoms with Crippen molar-refractivity contribution in [2.24, 2.45) is 10.9 Å². The van der Waals surface area contributed by atoms with E-state index in [2.05, 4.69) is 77.6 Å². The number of hydrogen-bond acceptors (Lipinski definition) is 4. The highest BCUT2D eigenvalue weighted by molar-refractivity contribution is 14.0. The number of likely N-dealkylation sites (N-methyl/N-ethyl adjacent to an activating group) is 1. The van der Waals surface area contributed by atoms with Crippen molar-refractivity contribution >= 4 is 29.9 Å². The highest BCUT2D eigenvalue weighted by Crippen LogP contribution is 2.14. The van der Waals surface area contributed by atoms with Crippen LogP contribution < -0.4 is 10.6 Å². The molecule has 1 aliphatic rings. The third-order valence-corrected chi connectivity index (χ3v) is 6.02. The molecule has 0 radical (unpaired) electrons. The number of piperazine rings is 1. The Morgan fingerprint density at radius 1 is 1.06 bits per heavy atom. The standard InChI is InChI=1S/C24H39N7.HI/c1-5-25-24(27-18-23(20(2)3)30-15-13-29(4)14-16-30)26-17-21-9-6-7-10-22(21)19-31-12-8-11-28-31;/h6-12,20,23H,5,13-19H2,1-4H3,(H2,25,26,27);1H. The number of aromatic nitrogens is 2. The number of nitrogens with one attached hydrogen (secondary N) is 2. The van der Waals surface area contributed by atoms with E-state index in [4.69, 9.17) is 4.99 Å². The van der Waals surface area contributed by atoms with E-state index in [1.54, 1.807) is 0 Å². The topological polar surface area (TPSA) is 60.7 Å². The van der Waals surface area contributed by atoms with Crippen LogP contribution in [0.15, 0.2) is 47.7 Å². The SMILES string of the molecule is CCNC(=NCc1ccccc1Cn1cccn1)NCC(C(C)C)N1CCN(C)CC1.I. The number of rotatable bonds is 9. The molecule has 178 valence electrons. The summed E-state index contributed by atoms with van der Waals surface area (Å²) in [5.41, 5.74) is 2.48. The molecule has 32 heavy (non-hydrogen) atoms. The maximum Gasteiger partial charge on any atom is 0.191 e. The van der Waals surface area contributed by atoms with Gasteiger partial charge >= 0.3 is 0 Å². The lowest BCUT2D eigenvalue weighted by molar-refractivity contribution is 0.0900. The van der Waals surface area contributed by atoms with Gasteiger partial charge in [0.15, 0.2) is 5.96 Å². The Kier molecular flexibility index (Phi) is 11.5. The van der Waals surface area contributed by atoms with E-state index in [1.807, 2.05) is 23.1 Å². The second-order valence-electron chi connectivity index (χ2n) is 8.70. The van der Waals surface area contributed by atoms with Crippen LogP contribution in [0.1, 0.15) is 31.9 Å². The molecule has 8 heteroatoms. The third-order valence-electron chi connectivity index (χ3n) is 6.02. The first-order valence-corrected chi connectivity index (χ1v) is 11.6. The molecule has 0 bridgehead atoms. The van der Waals surface area contributed by atoms with Gasteiger partial charge in [-0.25, -0.2) is 4.99 Å². The van der Waals surface area contributed by atoms with Crippen molar-refractivity contribution in [3.8, 4) is 0 Å². The first kappa shape index (κ1) is 26.6. The van der Waals surface area contributed by atoms with Crippen LogP contribution in [0.3, 0.4) is 0 Å². The first-order chi connectivity index (χ1) is 15.1. The van der Waals surface area contributed by atoms with Crippen molar-refractivity contribution in [2.45, 2.75) is 39.9 Å². The predicted octanol–water partition coefficient (Wildman–Crippen LogP) is 2.88. The molecule has 2 aromatic rings. The molecule has 0 saturated carbocycles. The zero-order valence-corrected chi connectivity index (χ0v) is 22.3. The Morgan fingerprint density at radius 3 is 2.41 bits per heavy atom. The van der Waals surface area contributed by atoms with Crippen LogP contribution in [-0.2, 0) is 13.1 Å². The van der Waals surface area contributed by atoms with E-state index >= 15 is 0 Å². The van der Waals surface area contributed by atoms with Gasteiger partial charge in [-0.15, -0.1) is 24.0 Å². The smallest absolute Gasteiger partial charge is 0.191 e. The predicted molar refractivity (Wildman–Crippen MR) is 144 cm³/mol. The molecular formula is C24H40IN7. The minimum absolute atomic E-state index is 0. The van der Waals surface area contributed by atoms with Crippen LogP contribution in [0.25, 0.3) is 0 Å². The van der Waals surface area contributed by atoms with Crippen LogP contribution in [0, 0.1) is 5.92 Å². The number of benzene rings is 1. The quantitative estimate of drug-likeness (QED) is 0.284. The van der Waals surface area contributed by atoms with Crippen molar-refractivity contribution in [2.75, 3.05) is 46.3 Å². The lowest BCUT2D eigenvalue weighted by Crippen LogP contribution is -2.55. The van der Waals surface area contributed by atoms with Gasteiger partial charge in [0.25, 0.3) is 0 Å². The van der Waals surface area contributed by atoms with E-state index in [1.165, 1.54) is 11.1 Å². The number of halogens is 1. The summed E-state index contributed by atoms with van der Waals surface area (Å²) in [6.45, 7) is 14.5. The molecule has 1 atom stereocenters. The lowest BCUT2D eigenvalue weighted by atomic mass is 10.0. The maximum atomic E-state index is 4.90. The molecule has 0 aliphatic carbocycles. The third kappa shape index (κ3) is 8.04. The Hall–Kier alpha value is -1.65. The van der Waals surface area contributed by atoms with Gasteiger partial charge < -0.3 is 15.5 Å². The van der Waals surface area contributed by atoms with Crippen molar-refractivity contribution in [1.82, 2.24) is 30.2 Å². The second-order valence-corrected chi connectivity index (χ2v) is 8.70. The number of aliphatic imine (C=N–C) groups is 1. The fourth-order valence-electron chi connectivity index (χ4n) is 4.08. The largest absolute Gasteiger partial charge is 0.357 e. The van der Waals surface area contributed by atoms with Crippen LogP contribution in [0.2, 0.25) is 0 Å². The van der Waals surface area contributed by atoms with Gasteiger partial charge in [-0.1, -0.05) is 38.1 Å². The van der Waals surface area contributed by atoms with Gasteiger partial charge in [-0.2, -0.15) is 5.10 Å². The monoisotopic (exact) mass is 553 g/mol. The highest BCUT2D eigenvalue weighted by atomic mass is 127. The van der Waals surface area contributed by atoms with Gasteiger partial charge in [0, 0.05) is 57.7 Å². The summed E-state index contributed by atoms with van der Waals surface area (Å²) in [5.74, 6) is 1.48. The molecule has 1 aliphatic heterocycles. The molecule has 0 spiro atoms. The molecule has 1 unspecified atom stereocenters. The summed E-state index contributed by atoms with van der Waals surface area (Å²) < 4.78 is 1.95. The Balaban J connectivity index is 0.00000363. The fourth-order valence-corrected chi connectivity index (χ4v) is 4.08. The summed E-state index contributed by atoms with van der Waals surface area (Å²) in [4.78, 5) is 9.94. The van der Waals surface area contributed by atoms with Gasteiger partial charge in [-0.05, 0) is 37.1 Å². The number of nitrogens with zero attached hydrogens (tertiary/aromatic N) is 5. The molecular weight excluding hydrogens is 513 g/mol. The molecule has 2 N–H and O–H groups in total. The fraction of sp³-hybridized carbons (Fsp3) is 0.583. The molecule has 1 aromatic heterocycles. The van der Waals surface area contributed by atoms with Crippen LogP contribution in [0.5, 0.6) is 0 Å². The molecule has 1 aromatic carbocycles. The zero-order chi connectivity index (χ0) is 22.1. The summed E-state index contributed by atoms with van der Waals surface area (Å²) in [6.07, 6.45) is 3.82. The normalized spacial score (nSPS) is 16.6. The summed E-state index contributed by atoms with van der Waals surface area (Å²) in [7, 11) is 2.21. The molecule has 7 nitrogen and oxygen atoms in total. The molecule has 0 amide bonds. The Morgan fingerprint density at radius 2 is 1.78 bits per heavy atom. The van der Waals surface area contributed by atoms with Gasteiger partial charge in [0.1, 0.15) is 0 Å². The number of hydrogen-bond donors (Lipinski definition) is 2. The van der Waals surface area contributed by atoms with Gasteiger partial charge in [-0.3, -0.25) is 9.58 Å². The summed E-state index contributed by atoms with van der Waals surface area (Å²) in [6, 6.07) is 10.9. The minimum atomic E-state index is 0. The second kappa shape index (κ2) is 13.8.